The highest BCUT2D eigenvalue weighted by atomic mass is 32.2. The number of hydrogen-bond donors (Lipinski definition) is 1. The van der Waals surface area contributed by atoms with Crippen LogP contribution in [-0.2, 0) is 11.0 Å². The molecule has 0 saturated carbocycles. The molecule has 7 heteroatoms. The van der Waals surface area contributed by atoms with Crippen LogP contribution in [0.5, 0.6) is 0 Å². The lowest BCUT2D eigenvalue weighted by molar-refractivity contribution is -0.137. The molecule has 2 rings (SSSR count). The zero-order chi connectivity index (χ0) is 15.8. The molecule has 0 radical (unpaired) electrons. The standard InChI is InChI=1S/C14H15F3N2OS/c1-8(2)13(3)11(20)19-12(21-13)18-10-7-5-4-6-9(10)14(15,16)17/h4-8H,1-3H3,(H,18,19,20). The van der Waals surface area contributed by atoms with Crippen molar-refractivity contribution < 1.29 is 18.0 Å². The van der Waals surface area contributed by atoms with Crippen molar-refractivity contribution in [2.75, 3.05) is 0 Å². The van der Waals surface area contributed by atoms with Gasteiger partial charge in [-0.05, 0) is 25.0 Å². The molecule has 1 fully saturated rings. The summed E-state index contributed by atoms with van der Waals surface area (Å²) in [7, 11) is 0. The van der Waals surface area contributed by atoms with Gasteiger partial charge in [-0.1, -0.05) is 37.7 Å². The van der Waals surface area contributed by atoms with Crippen LogP contribution in [0.3, 0.4) is 0 Å². The summed E-state index contributed by atoms with van der Waals surface area (Å²) in [5.74, 6) is -0.196. The van der Waals surface area contributed by atoms with Crippen molar-refractivity contribution in [3.05, 3.63) is 29.8 Å². The molecule has 0 bridgehead atoms. The molecule has 0 spiro atoms. The van der Waals surface area contributed by atoms with Gasteiger partial charge in [-0.15, -0.1) is 0 Å². The number of amidine groups is 1. The van der Waals surface area contributed by atoms with E-state index in [-0.39, 0.29) is 22.7 Å². The van der Waals surface area contributed by atoms with Crippen molar-refractivity contribution in [1.29, 1.82) is 0 Å². The van der Waals surface area contributed by atoms with E-state index in [1.54, 1.807) is 6.92 Å². The monoisotopic (exact) mass is 316 g/mol. The number of aliphatic imine (C=N–C) groups is 1. The summed E-state index contributed by atoms with van der Waals surface area (Å²) >= 11 is 1.17. The number of hydrogen-bond acceptors (Lipinski definition) is 3. The third-order valence-corrected chi connectivity index (χ3v) is 4.98. The SMILES string of the molecule is CC(C)C1(C)SC(=Nc2ccccc2C(F)(F)F)NC1=O. The molecule has 1 aliphatic rings. The Hall–Kier alpha value is -1.50. The first-order valence-corrected chi connectivity index (χ1v) is 7.21. The molecule has 3 nitrogen and oxygen atoms in total. The average Bonchev–Trinajstić information content (AvgIpc) is 2.65. The summed E-state index contributed by atoms with van der Waals surface area (Å²) in [6.45, 7) is 5.54. The first-order chi connectivity index (χ1) is 9.64. The van der Waals surface area contributed by atoms with Crippen LogP contribution in [0.2, 0.25) is 0 Å². The molecule has 1 amide bonds. The maximum absolute atomic E-state index is 12.9. The smallest absolute Gasteiger partial charge is 0.304 e. The van der Waals surface area contributed by atoms with Gasteiger partial charge in [0.2, 0.25) is 5.91 Å². The van der Waals surface area contributed by atoms with Gasteiger partial charge in [0.25, 0.3) is 0 Å². The fraction of sp³-hybridized carbons (Fsp3) is 0.429. The number of alkyl halides is 3. The van der Waals surface area contributed by atoms with Crippen molar-refractivity contribution in [3.63, 3.8) is 0 Å². The largest absolute Gasteiger partial charge is 0.418 e. The van der Waals surface area contributed by atoms with Crippen LogP contribution in [0.1, 0.15) is 26.3 Å². The second-order valence-corrected chi connectivity index (χ2v) is 6.69. The highest BCUT2D eigenvalue weighted by molar-refractivity contribution is 8.16. The fourth-order valence-electron chi connectivity index (χ4n) is 1.84. The van der Waals surface area contributed by atoms with E-state index in [0.29, 0.717) is 0 Å². The predicted octanol–water partition coefficient (Wildman–Crippen LogP) is 3.97. The topological polar surface area (TPSA) is 41.5 Å². The maximum Gasteiger partial charge on any atom is 0.418 e. The first-order valence-electron chi connectivity index (χ1n) is 6.40. The van der Waals surface area contributed by atoms with E-state index in [9.17, 15) is 18.0 Å². The molecule has 0 aromatic heterocycles. The summed E-state index contributed by atoms with van der Waals surface area (Å²) in [5.41, 5.74) is -1.01. The molecular formula is C14H15F3N2OS. The lowest BCUT2D eigenvalue weighted by Crippen LogP contribution is -2.38. The summed E-state index contributed by atoms with van der Waals surface area (Å²) in [6.07, 6.45) is -4.48. The van der Waals surface area contributed by atoms with Crippen molar-refractivity contribution in [1.82, 2.24) is 5.32 Å². The van der Waals surface area contributed by atoms with Crippen LogP contribution in [0.15, 0.2) is 29.3 Å². The molecule has 1 unspecified atom stereocenters. The molecule has 1 saturated heterocycles. The van der Waals surface area contributed by atoms with E-state index >= 15 is 0 Å². The fourth-order valence-corrected chi connectivity index (χ4v) is 2.91. The summed E-state index contributed by atoms with van der Waals surface area (Å²) < 4.78 is 38.0. The molecule has 1 aromatic rings. The van der Waals surface area contributed by atoms with Gasteiger partial charge in [-0.25, -0.2) is 4.99 Å². The Kier molecular flexibility index (Phi) is 4.06. The van der Waals surface area contributed by atoms with Crippen LogP contribution in [-0.4, -0.2) is 15.8 Å². The van der Waals surface area contributed by atoms with Gasteiger partial charge in [0.1, 0.15) is 4.75 Å². The van der Waals surface area contributed by atoms with Gasteiger partial charge in [0, 0.05) is 0 Å². The van der Waals surface area contributed by atoms with Gasteiger partial charge in [0.05, 0.1) is 11.3 Å². The third kappa shape index (κ3) is 3.07. The van der Waals surface area contributed by atoms with Gasteiger partial charge >= 0.3 is 6.18 Å². The third-order valence-electron chi connectivity index (χ3n) is 3.51. The van der Waals surface area contributed by atoms with Crippen LogP contribution in [0, 0.1) is 5.92 Å². The van der Waals surface area contributed by atoms with Crippen LogP contribution in [0.25, 0.3) is 0 Å². The number of amides is 1. The van der Waals surface area contributed by atoms with Crippen molar-refractivity contribution >= 4 is 28.5 Å². The highest BCUT2D eigenvalue weighted by Crippen LogP contribution is 2.41. The van der Waals surface area contributed by atoms with E-state index in [0.717, 1.165) is 6.07 Å². The zero-order valence-corrected chi connectivity index (χ0v) is 12.6. The molecule has 0 aliphatic carbocycles. The number of halogens is 3. The number of nitrogens with one attached hydrogen (secondary N) is 1. The van der Waals surface area contributed by atoms with E-state index in [1.807, 2.05) is 13.8 Å². The van der Waals surface area contributed by atoms with Crippen molar-refractivity contribution in [3.8, 4) is 0 Å². The number of benzene rings is 1. The summed E-state index contributed by atoms with van der Waals surface area (Å²) in [5, 5.41) is 2.76. The molecule has 114 valence electrons. The Morgan fingerprint density at radius 2 is 1.90 bits per heavy atom. The van der Waals surface area contributed by atoms with Crippen molar-refractivity contribution in [2.45, 2.75) is 31.7 Å². The second-order valence-electron chi connectivity index (χ2n) is 5.25. The Balaban J connectivity index is 2.37. The molecule has 1 aromatic carbocycles. The van der Waals surface area contributed by atoms with Crippen molar-refractivity contribution in [2.24, 2.45) is 10.9 Å². The Morgan fingerprint density at radius 1 is 1.29 bits per heavy atom. The highest BCUT2D eigenvalue weighted by Gasteiger charge is 2.45. The Morgan fingerprint density at radius 3 is 2.43 bits per heavy atom. The molecule has 1 atom stereocenters. The van der Waals surface area contributed by atoms with Gasteiger partial charge in [0.15, 0.2) is 5.17 Å². The average molecular weight is 316 g/mol. The minimum atomic E-state index is -4.48. The van der Waals surface area contributed by atoms with E-state index in [1.165, 1.54) is 30.0 Å². The van der Waals surface area contributed by atoms with Crippen LogP contribution in [0.4, 0.5) is 18.9 Å². The van der Waals surface area contributed by atoms with E-state index in [4.69, 9.17) is 0 Å². The number of carbonyl (C=O) groups is 1. The van der Waals surface area contributed by atoms with Crippen LogP contribution >= 0.6 is 11.8 Å². The number of carbonyl (C=O) groups excluding carboxylic acids is 1. The minimum absolute atomic E-state index is 0.0352. The molecular weight excluding hydrogens is 301 g/mol. The quantitative estimate of drug-likeness (QED) is 0.897. The zero-order valence-electron chi connectivity index (χ0n) is 11.8. The molecule has 1 heterocycles. The molecule has 1 aliphatic heterocycles. The number of nitrogens with zero attached hydrogens (tertiary/aromatic N) is 1. The predicted molar refractivity (Wildman–Crippen MR) is 77.5 cm³/mol. The lowest BCUT2D eigenvalue weighted by atomic mass is 9.96. The Labute approximate surface area is 125 Å². The maximum atomic E-state index is 12.9. The number of para-hydroxylation sites is 1. The van der Waals surface area contributed by atoms with Gasteiger partial charge < -0.3 is 5.32 Å². The van der Waals surface area contributed by atoms with Gasteiger partial charge in [-0.2, -0.15) is 13.2 Å². The number of rotatable bonds is 2. The van der Waals surface area contributed by atoms with E-state index in [2.05, 4.69) is 10.3 Å². The van der Waals surface area contributed by atoms with Crippen LogP contribution < -0.4 is 5.32 Å². The molecule has 21 heavy (non-hydrogen) atoms. The second kappa shape index (κ2) is 5.36. The lowest BCUT2D eigenvalue weighted by Gasteiger charge is -2.22. The first kappa shape index (κ1) is 15.9. The Bertz CT molecular complexity index is 598. The number of thioether (sulfide) groups is 1. The molecule has 1 N–H and O–H groups in total. The van der Waals surface area contributed by atoms with E-state index < -0.39 is 16.5 Å². The normalized spacial score (nSPS) is 24.7. The minimum Gasteiger partial charge on any atom is -0.304 e. The summed E-state index contributed by atoms with van der Waals surface area (Å²) in [4.78, 5) is 16.0. The summed E-state index contributed by atoms with van der Waals surface area (Å²) in [6, 6.07) is 5.05. The van der Waals surface area contributed by atoms with Gasteiger partial charge in [-0.3, -0.25) is 4.79 Å².